The zero-order valence-electron chi connectivity index (χ0n) is 10.6. The third kappa shape index (κ3) is 3.07. The first kappa shape index (κ1) is 13.0. The highest BCUT2D eigenvalue weighted by atomic mass is 32.1. The zero-order valence-corrected chi connectivity index (χ0v) is 11.4. The molecule has 2 atom stereocenters. The fourth-order valence-corrected chi connectivity index (χ4v) is 3.09. The van der Waals surface area contributed by atoms with Crippen LogP contribution in [0, 0.1) is 6.92 Å². The van der Waals surface area contributed by atoms with Gasteiger partial charge in [-0.05, 0) is 36.9 Å². The average Bonchev–Trinajstić information content (AvgIpc) is 2.75. The van der Waals surface area contributed by atoms with Crippen molar-refractivity contribution in [3.05, 3.63) is 21.9 Å². The molecule has 2 unspecified atom stereocenters. The summed E-state index contributed by atoms with van der Waals surface area (Å²) < 4.78 is 5.71. The molecule has 0 aliphatic carbocycles. The Hall–Kier alpha value is -0.420. The van der Waals surface area contributed by atoms with Crippen molar-refractivity contribution in [1.82, 2.24) is 4.90 Å². The van der Waals surface area contributed by atoms with Crippen molar-refractivity contribution < 1.29 is 9.84 Å². The lowest BCUT2D eigenvalue weighted by atomic mass is 10.0. The Balaban J connectivity index is 1.99. The summed E-state index contributed by atoms with van der Waals surface area (Å²) in [5.74, 6) is 0. The Kier molecular flexibility index (Phi) is 4.56. The van der Waals surface area contributed by atoms with Crippen LogP contribution in [0.15, 0.2) is 11.4 Å². The number of morpholine rings is 1. The summed E-state index contributed by atoms with van der Waals surface area (Å²) in [6.45, 7) is 7.88. The van der Waals surface area contributed by atoms with E-state index in [2.05, 4.69) is 18.7 Å². The molecule has 0 saturated carbocycles. The van der Waals surface area contributed by atoms with Gasteiger partial charge in [-0.25, -0.2) is 0 Å². The zero-order chi connectivity index (χ0) is 12.3. The lowest BCUT2D eigenvalue weighted by molar-refractivity contribution is -0.0898. The fraction of sp³-hybridized carbons (Fsp3) is 0.692. The monoisotopic (exact) mass is 255 g/mol. The Labute approximate surface area is 107 Å². The molecule has 0 bridgehead atoms. The summed E-state index contributed by atoms with van der Waals surface area (Å²) in [6, 6.07) is 2.01. The van der Waals surface area contributed by atoms with E-state index in [1.54, 1.807) is 11.3 Å². The van der Waals surface area contributed by atoms with Gasteiger partial charge in [-0.2, -0.15) is 0 Å². The molecule has 0 spiro atoms. The Bertz CT molecular complexity index is 351. The number of hydrogen-bond donors (Lipinski definition) is 1. The minimum absolute atomic E-state index is 0.0800. The van der Waals surface area contributed by atoms with Gasteiger partial charge in [-0.15, -0.1) is 11.3 Å². The molecule has 2 rings (SSSR count). The van der Waals surface area contributed by atoms with Crippen molar-refractivity contribution in [3.8, 4) is 0 Å². The second-order valence-electron chi connectivity index (χ2n) is 4.59. The Morgan fingerprint density at radius 1 is 1.65 bits per heavy atom. The summed E-state index contributed by atoms with van der Waals surface area (Å²) in [5.41, 5.74) is 1.03. The molecular weight excluding hydrogens is 234 g/mol. The van der Waals surface area contributed by atoms with Gasteiger partial charge >= 0.3 is 0 Å². The van der Waals surface area contributed by atoms with Crippen molar-refractivity contribution in [2.45, 2.75) is 32.5 Å². The molecule has 0 radical (unpaired) electrons. The summed E-state index contributed by atoms with van der Waals surface area (Å²) in [4.78, 5) is 3.56. The molecule has 1 saturated heterocycles. The first-order valence-electron chi connectivity index (χ1n) is 6.28. The maximum atomic E-state index is 10.4. The number of aliphatic hydroxyl groups is 1. The van der Waals surface area contributed by atoms with Gasteiger partial charge in [0.25, 0.3) is 0 Å². The summed E-state index contributed by atoms with van der Waals surface area (Å²) in [7, 11) is 0. The third-order valence-electron chi connectivity index (χ3n) is 3.29. The molecule has 1 fully saturated rings. The van der Waals surface area contributed by atoms with Gasteiger partial charge < -0.3 is 9.84 Å². The lowest BCUT2D eigenvalue weighted by Gasteiger charge is -2.35. The van der Waals surface area contributed by atoms with Crippen LogP contribution in [0.5, 0.6) is 0 Å². The van der Waals surface area contributed by atoms with Crippen molar-refractivity contribution in [3.63, 3.8) is 0 Å². The van der Waals surface area contributed by atoms with Crippen LogP contribution in [0.1, 0.15) is 29.9 Å². The van der Waals surface area contributed by atoms with E-state index >= 15 is 0 Å². The molecule has 1 N–H and O–H groups in total. The Morgan fingerprint density at radius 3 is 3.12 bits per heavy atom. The van der Waals surface area contributed by atoms with Crippen molar-refractivity contribution in [1.29, 1.82) is 0 Å². The van der Waals surface area contributed by atoms with E-state index in [9.17, 15) is 5.11 Å². The molecule has 96 valence electrons. The maximum Gasteiger partial charge on any atom is 0.107 e. The first-order valence-corrected chi connectivity index (χ1v) is 7.16. The van der Waals surface area contributed by atoms with Crippen LogP contribution in [0.25, 0.3) is 0 Å². The quantitative estimate of drug-likeness (QED) is 0.895. The van der Waals surface area contributed by atoms with Crippen LogP contribution in [-0.4, -0.2) is 42.4 Å². The number of aryl methyl sites for hydroxylation is 1. The minimum Gasteiger partial charge on any atom is -0.386 e. The topological polar surface area (TPSA) is 32.7 Å². The molecule has 4 heteroatoms. The van der Waals surface area contributed by atoms with E-state index in [4.69, 9.17) is 4.74 Å². The first-order chi connectivity index (χ1) is 8.22. The summed E-state index contributed by atoms with van der Waals surface area (Å²) in [6.07, 6.45) is 0.588. The number of thiophene rings is 1. The number of rotatable bonds is 4. The molecule has 17 heavy (non-hydrogen) atoms. The van der Waals surface area contributed by atoms with E-state index in [1.165, 1.54) is 4.88 Å². The van der Waals surface area contributed by atoms with Gasteiger partial charge in [0.1, 0.15) is 12.2 Å². The number of nitrogens with zero attached hydrogens (tertiary/aromatic N) is 1. The van der Waals surface area contributed by atoms with E-state index in [0.717, 1.165) is 38.2 Å². The van der Waals surface area contributed by atoms with Crippen molar-refractivity contribution >= 4 is 11.3 Å². The average molecular weight is 255 g/mol. The van der Waals surface area contributed by atoms with E-state index in [-0.39, 0.29) is 6.10 Å². The minimum atomic E-state index is -0.485. The summed E-state index contributed by atoms with van der Waals surface area (Å²) >= 11 is 1.68. The van der Waals surface area contributed by atoms with Crippen LogP contribution in [0.3, 0.4) is 0 Å². The molecule has 1 aliphatic rings. The SMILES string of the molecule is CCCN1CCOC(C(O)c2ccsc2C)C1. The molecule has 3 nitrogen and oxygen atoms in total. The van der Waals surface area contributed by atoms with Gasteiger partial charge in [-0.3, -0.25) is 4.90 Å². The molecule has 0 amide bonds. The maximum absolute atomic E-state index is 10.4. The van der Waals surface area contributed by atoms with Gasteiger partial charge in [0.05, 0.1) is 6.61 Å². The van der Waals surface area contributed by atoms with Crippen LogP contribution in [-0.2, 0) is 4.74 Å². The molecule has 0 aromatic carbocycles. The second-order valence-corrected chi connectivity index (χ2v) is 5.71. The molecule has 1 aliphatic heterocycles. The van der Waals surface area contributed by atoms with Gasteiger partial charge in [0.15, 0.2) is 0 Å². The van der Waals surface area contributed by atoms with Crippen LogP contribution >= 0.6 is 11.3 Å². The van der Waals surface area contributed by atoms with Crippen LogP contribution < -0.4 is 0 Å². The fourth-order valence-electron chi connectivity index (χ4n) is 2.34. The van der Waals surface area contributed by atoms with Gasteiger partial charge in [-0.1, -0.05) is 6.92 Å². The molecule has 1 aromatic rings. The molecule has 1 aromatic heterocycles. The number of aliphatic hydroxyl groups excluding tert-OH is 1. The smallest absolute Gasteiger partial charge is 0.107 e. The van der Waals surface area contributed by atoms with E-state index in [0.29, 0.717) is 0 Å². The molecule has 2 heterocycles. The highest BCUT2D eigenvalue weighted by Gasteiger charge is 2.28. The molecular formula is C13H21NO2S. The van der Waals surface area contributed by atoms with Gasteiger partial charge in [0.2, 0.25) is 0 Å². The predicted octanol–water partition coefficient (Wildman–Crippen LogP) is 2.20. The predicted molar refractivity (Wildman–Crippen MR) is 70.5 cm³/mol. The number of hydrogen-bond acceptors (Lipinski definition) is 4. The van der Waals surface area contributed by atoms with Crippen molar-refractivity contribution in [2.24, 2.45) is 0 Å². The summed E-state index contributed by atoms with van der Waals surface area (Å²) in [5, 5.41) is 12.4. The number of ether oxygens (including phenoxy) is 1. The van der Waals surface area contributed by atoms with Crippen LogP contribution in [0.4, 0.5) is 0 Å². The largest absolute Gasteiger partial charge is 0.386 e. The second kappa shape index (κ2) is 5.96. The standard InChI is InChI=1S/C13H21NO2S/c1-3-5-14-6-7-16-12(9-14)13(15)11-4-8-17-10(11)2/h4,8,12-13,15H,3,5-7,9H2,1-2H3. The normalized spacial score (nSPS) is 23.8. The van der Waals surface area contributed by atoms with E-state index in [1.807, 2.05) is 11.4 Å². The van der Waals surface area contributed by atoms with Gasteiger partial charge in [0, 0.05) is 18.0 Å². The Morgan fingerprint density at radius 2 is 2.47 bits per heavy atom. The third-order valence-corrected chi connectivity index (χ3v) is 4.15. The highest BCUT2D eigenvalue weighted by molar-refractivity contribution is 7.10. The van der Waals surface area contributed by atoms with E-state index < -0.39 is 6.10 Å². The van der Waals surface area contributed by atoms with Crippen LogP contribution in [0.2, 0.25) is 0 Å². The van der Waals surface area contributed by atoms with Crippen molar-refractivity contribution in [2.75, 3.05) is 26.2 Å². The lowest BCUT2D eigenvalue weighted by Crippen LogP contribution is -2.45. The highest BCUT2D eigenvalue weighted by Crippen LogP contribution is 2.27.